The van der Waals surface area contributed by atoms with Gasteiger partial charge in [0.15, 0.2) is 0 Å². The first-order valence-electron chi connectivity index (χ1n) is 5.94. The second-order valence-electron chi connectivity index (χ2n) is 4.40. The molecule has 0 bridgehead atoms. The van der Waals surface area contributed by atoms with Gasteiger partial charge in [-0.2, -0.15) is 11.8 Å². The molecule has 1 atom stereocenters. The van der Waals surface area contributed by atoms with Gasteiger partial charge >= 0.3 is 0 Å². The standard InChI is InChI=1S/C12H19N3O3S2/c1-8-3-4-9(7-11(8)20(14,17)18)15-12(16)10(13)5-6-19-2/h3-4,7,10H,5-6,13H2,1-2H3,(H,15,16)(H2,14,17,18)/t10-/m0/s1. The number of hydrogen-bond acceptors (Lipinski definition) is 5. The zero-order valence-corrected chi connectivity index (χ0v) is 13.1. The molecule has 0 aromatic heterocycles. The molecule has 1 rings (SSSR count). The molecule has 0 aliphatic heterocycles. The average Bonchev–Trinajstić information content (AvgIpc) is 2.36. The fourth-order valence-corrected chi connectivity index (χ4v) is 2.89. The number of aryl methyl sites for hydroxylation is 1. The van der Waals surface area contributed by atoms with Crippen LogP contribution in [0, 0.1) is 6.92 Å². The van der Waals surface area contributed by atoms with Gasteiger partial charge in [0.1, 0.15) is 0 Å². The molecule has 1 aromatic carbocycles. The summed E-state index contributed by atoms with van der Waals surface area (Å²) in [6.07, 6.45) is 2.49. The number of carbonyl (C=O) groups excluding carboxylic acids is 1. The largest absolute Gasteiger partial charge is 0.325 e. The van der Waals surface area contributed by atoms with Crippen LogP contribution in [0.2, 0.25) is 0 Å². The Morgan fingerprint density at radius 1 is 1.45 bits per heavy atom. The molecule has 6 nitrogen and oxygen atoms in total. The molecule has 5 N–H and O–H groups in total. The van der Waals surface area contributed by atoms with E-state index in [1.807, 2.05) is 6.26 Å². The third kappa shape index (κ3) is 4.78. The molecule has 0 saturated carbocycles. The van der Waals surface area contributed by atoms with E-state index in [-0.39, 0.29) is 10.8 Å². The Labute approximate surface area is 123 Å². The van der Waals surface area contributed by atoms with Gasteiger partial charge in [-0.3, -0.25) is 4.79 Å². The smallest absolute Gasteiger partial charge is 0.241 e. The van der Waals surface area contributed by atoms with E-state index in [4.69, 9.17) is 10.9 Å². The maximum absolute atomic E-state index is 11.8. The second kappa shape index (κ2) is 7.07. The molecule has 112 valence electrons. The van der Waals surface area contributed by atoms with Gasteiger partial charge in [0, 0.05) is 5.69 Å². The lowest BCUT2D eigenvalue weighted by atomic mass is 10.2. The molecule has 20 heavy (non-hydrogen) atoms. The summed E-state index contributed by atoms with van der Waals surface area (Å²) in [4.78, 5) is 11.8. The van der Waals surface area contributed by atoms with Crippen LogP contribution in [-0.4, -0.2) is 32.4 Å². The normalized spacial score (nSPS) is 13.0. The highest BCUT2D eigenvalue weighted by Crippen LogP contribution is 2.19. The first kappa shape index (κ1) is 17.0. The third-order valence-electron chi connectivity index (χ3n) is 2.73. The van der Waals surface area contributed by atoms with Gasteiger partial charge in [0.25, 0.3) is 0 Å². The average molecular weight is 317 g/mol. The number of carbonyl (C=O) groups is 1. The van der Waals surface area contributed by atoms with Crippen molar-refractivity contribution in [1.29, 1.82) is 0 Å². The molecule has 0 spiro atoms. The fraction of sp³-hybridized carbons (Fsp3) is 0.417. The number of rotatable bonds is 6. The molecule has 0 aliphatic rings. The molecule has 0 unspecified atom stereocenters. The van der Waals surface area contributed by atoms with Crippen molar-refractivity contribution in [3.8, 4) is 0 Å². The van der Waals surface area contributed by atoms with Gasteiger partial charge in [-0.1, -0.05) is 6.07 Å². The van der Waals surface area contributed by atoms with Gasteiger partial charge in [0.2, 0.25) is 15.9 Å². The molecule has 0 heterocycles. The van der Waals surface area contributed by atoms with E-state index in [2.05, 4.69) is 5.32 Å². The van der Waals surface area contributed by atoms with Gasteiger partial charge in [0.05, 0.1) is 10.9 Å². The monoisotopic (exact) mass is 317 g/mol. The Kier molecular flexibility index (Phi) is 6.00. The summed E-state index contributed by atoms with van der Waals surface area (Å²) in [5.74, 6) is 0.438. The third-order valence-corrected chi connectivity index (χ3v) is 4.43. The van der Waals surface area contributed by atoms with E-state index in [0.717, 1.165) is 5.75 Å². The Bertz CT molecular complexity index is 588. The number of amides is 1. The van der Waals surface area contributed by atoms with Crippen molar-refractivity contribution in [3.63, 3.8) is 0 Å². The van der Waals surface area contributed by atoms with Crippen LogP contribution in [0.5, 0.6) is 0 Å². The number of thioether (sulfide) groups is 1. The van der Waals surface area contributed by atoms with E-state index >= 15 is 0 Å². The molecule has 0 fully saturated rings. The Balaban J connectivity index is 2.86. The minimum absolute atomic E-state index is 0.00650. The number of sulfonamides is 1. The summed E-state index contributed by atoms with van der Waals surface area (Å²) in [6, 6.07) is 3.91. The second-order valence-corrected chi connectivity index (χ2v) is 6.92. The predicted octanol–water partition coefficient (Wildman–Crippen LogP) is 0.661. The maximum atomic E-state index is 11.8. The molecule has 0 saturated heterocycles. The van der Waals surface area contributed by atoms with Crippen LogP contribution in [0.25, 0.3) is 0 Å². The highest BCUT2D eigenvalue weighted by atomic mass is 32.2. The van der Waals surface area contributed by atoms with E-state index in [0.29, 0.717) is 17.7 Å². The zero-order chi connectivity index (χ0) is 15.3. The van der Waals surface area contributed by atoms with Crippen LogP contribution in [0.4, 0.5) is 5.69 Å². The van der Waals surface area contributed by atoms with Crippen molar-refractivity contribution in [1.82, 2.24) is 0 Å². The minimum atomic E-state index is -3.81. The van der Waals surface area contributed by atoms with Crippen molar-refractivity contribution < 1.29 is 13.2 Å². The lowest BCUT2D eigenvalue weighted by Gasteiger charge is -2.13. The predicted molar refractivity (Wildman–Crippen MR) is 82.2 cm³/mol. The summed E-state index contributed by atoms with van der Waals surface area (Å²) >= 11 is 1.61. The van der Waals surface area contributed by atoms with Crippen LogP contribution >= 0.6 is 11.8 Å². The van der Waals surface area contributed by atoms with Crippen molar-refractivity contribution in [2.45, 2.75) is 24.3 Å². The Morgan fingerprint density at radius 2 is 2.10 bits per heavy atom. The lowest BCUT2D eigenvalue weighted by Crippen LogP contribution is -2.36. The number of hydrogen-bond donors (Lipinski definition) is 3. The summed E-state index contributed by atoms with van der Waals surface area (Å²) in [7, 11) is -3.81. The fourth-order valence-electron chi connectivity index (χ4n) is 1.60. The van der Waals surface area contributed by atoms with E-state index in [1.165, 1.54) is 6.07 Å². The highest BCUT2D eigenvalue weighted by molar-refractivity contribution is 7.98. The molecule has 0 aliphatic carbocycles. The molecular formula is C12H19N3O3S2. The zero-order valence-electron chi connectivity index (χ0n) is 11.4. The number of benzene rings is 1. The summed E-state index contributed by atoms with van der Waals surface area (Å²) in [5.41, 5.74) is 6.63. The van der Waals surface area contributed by atoms with E-state index in [1.54, 1.807) is 30.8 Å². The quantitative estimate of drug-likeness (QED) is 0.713. The first-order valence-corrected chi connectivity index (χ1v) is 8.88. The van der Waals surface area contributed by atoms with Crippen LogP contribution in [0.15, 0.2) is 23.1 Å². The van der Waals surface area contributed by atoms with Crippen molar-refractivity contribution in [2.75, 3.05) is 17.3 Å². The van der Waals surface area contributed by atoms with Crippen molar-refractivity contribution >= 4 is 33.4 Å². The topological polar surface area (TPSA) is 115 Å². The van der Waals surface area contributed by atoms with E-state index in [9.17, 15) is 13.2 Å². The molecule has 8 heteroatoms. The number of nitrogens with two attached hydrogens (primary N) is 2. The van der Waals surface area contributed by atoms with Crippen LogP contribution in [-0.2, 0) is 14.8 Å². The van der Waals surface area contributed by atoms with Crippen LogP contribution < -0.4 is 16.2 Å². The van der Waals surface area contributed by atoms with Gasteiger partial charge in [-0.15, -0.1) is 0 Å². The van der Waals surface area contributed by atoms with Gasteiger partial charge in [-0.25, -0.2) is 13.6 Å². The van der Waals surface area contributed by atoms with Crippen LogP contribution in [0.1, 0.15) is 12.0 Å². The summed E-state index contributed by atoms with van der Waals surface area (Å²) in [6.45, 7) is 1.63. The molecule has 1 amide bonds. The summed E-state index contributed by atoms with van der Waals surface area (Å²) < 4.78 is 22.8. The summed E-state index contributed by atoms with van der Waals surface area (Å²) in [5, 5.41) is 7.71. The highest BCUT2D eigenvalue weighted by Gasteiger charge is 2.16. The Hall–Kier alpha value is -1.09. The SMILES string of the molecule is CSCC[C@H](N)C(=O)Nc1ccc(C)c(S(N)(=O)=O)c1. The molecular weight excluding hydrogens is 298 g/mol. The first-order chi connectivity index (χ1) is 9.25. The lowest BCUT2D eigenvalue weighted by molar-refractivity contribution is -0.117. The van der Waals surface area contributed by atoms with E-state index < -0.39 is 16.1 Å². The van der Waals surface area contributed by atoms with Crippen LogP contribution in [0.3, 0.4) is 0 Å². The molecule has 0 radical (unpaired) electrons. The number of anilines is 1. The number of primary sulfonamides is 1. The molecule has 1 aromatic rings. The van der Waals surface area contributed by atoms with Crippen molar-refractivity contribution in [2.24, 2.45) is 10.9 Å². The number of nitrogens with one attached hydrogen (secondary N) is 1. The van der Waals surface area contributed by atoms with Gasteiger partial charge < -0.3 is 11.1 Å². The minimum Gasteiger partial charge on any atom is -0.325 e. The Morgan fingerprint density at radius 3 is 2.65 bits per heavy atom. The maximum Gasteiger partial charge on any atom is 0.241 e. The van der Waals surface area contributed by atoms with Crippen molar-refractivity contribution in [3.05, 3.63) is 23.8 Å². The van der Waals surface area contributed by atoms with Gasteiger partial charge in [-0.05, 0) is 43.0 Å².